The van der Waals surface area contributed by atoms with Crippen LogP contribution in [0.5, 0.6) is 0 Å². The molecule has 7 nitrogen and oxygen atoms in total. The van der Waals surface area contributed by atoms with Crippen LogP contribution in [-0.4, -0.2) is 40.0 Å². The fourth-order valence-corrected chi connectivity index (χ4v) is 5.67. The van der Waals surface area contributed by atoms with Gasteiger partial charge in [0.05, 0.1) is 0 Å². The van der Waals surface area contributed by atoms with E-state index in [1.165, 1.54) is 51.0 Å². The van der Waals surface area contributed by atoms with Crippen molar-refractivity contribution in [2.24, 2.45) is 5.73 Å². The molecule has 0 radical (unpaired) electrons. The number of carbonyl (C=O) groups excluding carboxylic acids is 2. The van der Waals surface area contributed by atoms with Gasteiger partial charge in [-0.05, 0) is 66.1 Å². The van der Waals surface area contributed by atoms with Crippen LogP contribution in [0.15, 0.2) is 47.2 Å². The number of amides is 2. The summed E-state index contributed by atoms with van der Waals surface area (Å²) < 4.78 is 0. The maximum absolute atomic E-state index is 11.3. The van der Waals surface area contributed by atoms with Crippen LogP contribution in [0, 0.1) is 0 Å². The molecule has 2 heterocycles. The molecule has 0 aliphatic heterocycles. The van der Waals surface area contributed by atoms with E-state index in [4.69, 9.17) is 5.73 Å². The van der Waals surface area contributed by atoms with Crippen LogP contribution in [0.2, 0.25) is 0 Å². The van der Waals surface area contributed by atoms with E-state index in [2.05, 4.69) is 45.2 Å². The van der Waals surface area contributed by atoms with Crippen molar-refractivity contribution in [3.05, 3.63) is 52.7 Å². The summed E-state index contributed by atoms with van der Waals surface area (Å²) in [6.07, 6.45) is 9.62. The number of nitrogens with one attached hydrogen (secondary N) is 1. The van der Waals surface area contributed by atoms with Crippen LogP contribution in [-0.2, 0) is 15.1 Å². The van der Waals surface area contributed by atoms with Crippen molar-refractivity contribution in [3.8, 4) is 22.4 Å². The first-order valence-corrected chi connectivity index (χ1v) is 14.0. The molecule has 2 aliphatic carbocycles. The summed E-state index contributed by atoms with van der Waals surface area (Å²) in [6, 6.07) is 12.7. The van der Waals surface area contributed by atoms with Gasteiger partial charge < -0.3 is 16.0 Å². The number of nitrogens with two attached hydrogens (primary N) is 1. The van der Waals surface area contributed by atoms with E-state index >= 15 is 0 Å². The van der Waals surface area contributed by atoms with E-state index in [9.17, 15) is 9.59 Å². The highest BCUT2D eigenvalue weighted by Gasteiger charge is 2.34. The lowest BCUT2D eigenvalue weighted by molar-refractivity contribution is -0.130. The van der Waals surface area contributed by atoms with Crippen molar-refractivity contribution in [1.29, 1.82) is 0 Å². The number of anilines is 1. The Morgan fingerprint density at radius 3 is 2.24 bits per heavy atom. The Kier molecular flexibility index (Phi) is 8.71. The molecule has 8 heteroatoms. The molecular weight excluding hydrogens is 482 g/mol. The van der Waals surface area contributed by atoms with Gasteiger partial charge in [0.15, 0.2) is 5.82 Å². The first-order valence-electron chi connectivity index (χ1n) is 13.1. The van der Waals surface area contributed by atoms with Crippen molar-refractivity contribution in [1.82, 2.24) is 15.1 Å². The molecule has 3 N–H and O–H groups in total. The van der Waals surface area contributed by atoms with Crippen LogP contribution in [0.4, 0.5) is 5.82 Å². The summed E-state index contributed by atoms with van der Waals surface area (Å²) in [7, 11) is 1.92. The average molecular weight is 520 g/mol. The fourth-order valence-electron chi connectivity index (χ4n) is 5.02. The lowest BCUT2D eigenvalue weighted by atomic mass is 9.72. The molecule has 0 spiro atoms. The number of benzene rings is 1. The summed E-state index contributed by atoms with van der Waals surface area (Å²) in [6.45, 7) is 3.11. The third kappa shape index (κ3) is 6.62. The number of thiophene rings is 1. The maximum Gasteiger partial charge on any atom is 0.222 e. The normalized spacial score (nSPS) is 16.6. The minimum Gasteiger partial charge on any atom is -0.343 e. The fraction of sp³-hybridized carbons (Fsp3) is 0.448. The zero-order valence-electron chi connectivity index (χ0n) is 22.0. The summed E-state index contributed by atoms with van der Waals surface area (Å²) in [5.74, 6) is 0.493. The Morgan fingerprint density at radius 1 is 1.00 bits per heavy atom. The third-order valence-corrected chi connectivity index (χ3v) is 8.21. The molecule has 2 saturated carbocycles. The van der Waals surface area contributed by atoms with E-state index in [0.29, 0.717) is 11.9 Å². The van der Waals surface area contributed by atoms with Gasteiger partial charge in [-0.1, -0.05) is 43.5 Å². The van der Waals surface area contributed by atoms with Crippen LogP contribution in [0.1, 0.15) is 70.8 Å². The summed E-state index contributed by atoms with van der Waals surface area (Å²) in [5.41, 5.74) is 11.2. The molecule has 196 valence electrons. The predicted octanol–water partition coefficient (Wildman–Crippen LogP) is 5.97. The van der Waals surface area contributed by atoms with E-state index in [-0.39, 0.29) is 17.4 Å². The highest BCUT2D eigenvalue weighted by Crippen LogP contribution is 2.40. The molecule has 0 saturated heterocycles. The predicted molar refractivity (Wildman–Crippen MR) is 150 cm³/mol. The number of carbonyl (C=O) groups is 2. The van der Waals surface area contributed by atoms with Crippen LogP contribution in [0.25, 0.3) is 22.4 Å². The Bertz CT molecular complexity index is 1200. The van der Waals surface area contributed by atoms with Gasteiger partial charge >= 0.3 is 0 Å². The van der Waals surface area contributed by atoms with Gasteiger partial charge in [0.2, 0.25) is 11.8 Å². The summed E-state index contributed by atoms with van der Waals surface area (Å²) >= 11 is 1.62. The van der Waals surface area contributed by atoms with E-state index in [1.54, 1.807) is 18.3 Å². The molecule has 5 rings (SSSR count). The van der Waals surface area contributed by atoms with Gasteiger partial charge in [-0.3, -0.25) is 9.59 Å². The van der Waals surface area contributed by atoms with E-state index in [0.717, 1.165) is 35.2 Å². The van der Waals surface area contributed by atoms with E-state index < -0.39 is 0 Å². The largest absolute Gasteiger partial charge is 0.343 e. The molecule has 37 heavy (non-hydrogen) atoms. The van der Waals surface area contributed by atoms with Gasteiger partial charge in [0.1, 0.15) is 5.69 Å². The molecule has 0 unspecified atom stereocenters. The van der Waals surface area contributed by atoms with Crippen molar-refractivity contribution < 1.29 is 9.59 Å². The zero-order valence-corrected chi connectivity index (χ0v) is 22.8. The molecule has 2 fully saturated rings. The average Bonchev–Trinajstić information content (AvgIpc) is 3.42. The Morgan fingerprint density at radius 2 is 1.70 bits per heavy atom. The molecule has 0 bridgehead atoms. The second-order valence-electron chi connectivity index (χ2n) is 10.2. The maximum atomic E-state index is 11.3. The number of hydrogen-bond donors (Lipinski definition) is 2. The minimum absolute atomic E-state index is 0.165. The van der Waals surface area contributed by atoms with E-state index in [1.807, 2.05) is 29.5 Å². The Balaban J connectivity index is 0.000000245. The number of hydrogen-bond acceptors (Lipinski definition) is 6. The smallest absolute Gasteiger partial charge is 0.222 e. The van der Waals surface area contributed by atoms with Crippen LogP contribution in [0.3, 0.4) is 0 Å². The van der Waals surface area contributed by atoms with Gasteiger partial charge in [-0.15, -0.1) is 10.2 Å². The number of nitrogens with zero attached hydrogens (tertiary/aromatic N) is 3. The zero-order chi connectivity index (χ0) is 26.4. The van der Waals surface area contributed by atoms with Crippen molar-refractivity contribution >= 4 is 29.0 Å². The number of rotatable bonds is 5. The topological polar surface area (TPSA) is 101 Å². The molecular formula is C29H37N5O2S. The van der Waals surface area contributed by atoms with Gasteiger partial charge in [-0.25, -0.2) is 0 Å². The quantitative estimate of drug-likeness (QED) is 0.433. The highest BCUT2D eigenvalue weighted by atomic mass is 32.1. The van der Waals surface area contributed by atoms with Gasteiger partial charge in [-0.2, -0.15) is 11.3 Å². The number of aromatic nitrogens is 2. The highest BCUT2D eigenvalue weighted by molar-refractivity contribution is 7.08. The molecule has 2 aromatic heterocycles. The monoisotopic (exact) mass is 519 g/mol. The van der Waals surface area contributed by atoms with Gasteiger partial charge in [0.25, 0.3) is 0 Å². The lowest BCUT2D eigenvalue weighted by Gasteiger charge is -2.38. The second-order valence-corrected chi connectivity index (χ2v) is 11.0. The Labute approximate surface area is 223 Å². The van der Waals surface area contributed by atoms with Crippen molar-refractivity contribution in [2.45, 2.75) is 76.8 Å². The molecule has 3 aromatic rings. The van der Waals surface area contributed by atoms with Gasteiger partial charge in [0, 0.05) is 43.6 Å². The second kappa shape index (κ2) is 12.0. The molecule has 2 aliphatic rings. The summed E-state index contributed by atoms with van der Waals surface area (Å²) in [5, 5.41) is 15.3. The lowest BCUT2D eigenvalue weighted by Crippen LogP contribution is -2.43. The third-order valence-electron chi connectivity index (χ3n) is 7.53. The first kappa shape index (κ1) is 26.9. The Hall–Kier alpha value is -3.10. The SMILES string of the molecule is CC(=O)N(C)C1CCCCC1.CC(=O)Nc1cc(-c2ccsc2)c(-c2ccc(C3(N)CCC3)cc2)nn1. The molecule has 0 atom stereocenters. The first-order chi connectivity index (χ1) is 17.8. The van der Waals surface area contributed by atoms with Crippen LogP contribution >= 0.6 is 11.3 Å². The molecule has 2 amide bonds. The van der Waals surface area contributed by atoms with Crippen molar-refractivity contribution in [2.75, 3.05) is 12.4 Å². The van der Waals surface area contributed by atoms with Crippen molar-refractivity contribution in [3.63, 3.8) is 0 Å². The minimum atomic E-state index is -0.171. The summed E-state index contributed by atoms with van der Waals surface area (Å²) in [4.78, 5) is 24.2. The van der Waals surface area contributed by atoms with Crippen LogP contribution < -0.4 is 11.1 Å². The standard InChI is InChI=1S/C20H20N4OS.C9H17NO/c1-13(25)22-18-11-17(15-7-10-26-12-15)19(24-23-18)14-3-5-16(6-4-14)20(21)8-2-9-20;1-8(11)10(2)9-6-4-3-5-7-9/h3-7,10-12H,2,8-9,21H2,1H3,(H,22,23,25);9H,3-7H2,1-2H3. The molecule has 1 aromatic carbocycles.